The Morgan fingerprint density at radius 3 is 1.64 bits per heavy atom. The molecular formula is C7H10ClF3. The zero-order valence-electron chi connectivity index (χ0n) is 6.59. The zero-order valence-corrected chi connectivity index (χ0v) is 7.35. The summed E-state index contributed by atoms with van der Waals surface area (Å²) < 4.78 is 36.2. The molecule has 0 heterocycles. The average Bonchev–Trinajstić information content (AvgIpc) is 1.54. The van der Waals surface area contributed by atoms with Crippen LogP contribution in [0, 0.1) is 5.92 Å². The highest BCUT2D eigenvalue weighted by Crippen LogP contribution is 2.34. The fourth-order valence-corrected chi connectivity index (χ4v) is 1.25. The number of hydrogen-bond acceptors (Lipinski definition) is 0. The van der Waals surface area contributed by atoms with Crippen molar-refractivity contribution in [3.05, 3.63) is 10.6 Å². The molecule has 0 aromatic carbocycles. The molecule has 0 spiro atoms. The molecule has 0 rings (SSSR count). The Labute approximate surface area is 69.0 Å². The van der Waals surface area contributed by atoms with Crippen LogP contribution in [0.25, 0.3) is 0 Å². The standard InChI is InChI=1S/C7H10ClF3/c1-4(2)6(5(3)8)7(9,10)11/h4H,1-3H3/b6-5+. The van der Waals surface area contributed by atoms with E-state index in [0.717, 1.165) is 0 Å². The fourth-order valence-electron chi connectivity index (χ4n) is 0.920. The Hall–Kier alpha value is -0.180. The largest absolute Gasteiger partial charge is 0.414 e. The SMILES string of the molecule is C/C(Cl)=C(/C(C)C)C(F)(F)F. The molecule has 0 atom stereocenters. The van der Waals surface area contributed by atoms with Gasteiger partial charge in [-0.05, 0) is 12.8 Å². The Morgan fingerprint density at radius 2 is 1.64 bits per heavy atom. The van der Waals surface area contributed by atoms with Crippen molar-refractivity contribution in [2.45, 2.75) is 26.9 Å². The van der Waals surface area contributed by atoms with Gasteiger partial charge in [0, 0.05) is 10.6 Å². The molecule has 0 unspecified atom stereocenters. The summed E-state index contributed by atoms with van der Waals surface area (Å²) in [6, 6.07) is 0. The van der Waals surface area contributed by atoms with E-state index in [1.165, 1.54) is 20.8 Å². The van der Waals surface area contributed by atoms with Crippen LogP contribution in [0.2, 0.25) is 0 Å². The van der Waals surface area contributed by atoms with Gasteiger partial charge in [-0.3, -0.25) is 0 Å². The predicted molar refractivity (Wildman–Crippen MR) is 39.4 cm³/mol. The van der Waals surface area contributed by atoms with Crippen molar-refractivity contribution < 1.29 is 13.2 Å². The molecule has 0 aromatic rings. The van der Waals surface area contributed by atoms with Crippen LogP contribution in [0.4, 0.5) is 13.2 Å². The van der Waals surface area contributed by atoms with Crippen molar-refractivity contribution in [3.8, 4) is 0 Å². The fraction of sp³-hybridized carbons (Fsp3) is 0.714. The molecule has 0 fully saturated rings. The number of halogens is 4. The van der Waals surface area contributed by atoms with E-state index in [-0.39, 0.29) is 5.03 Å². The first-order chi connectivity index (χ1) is 4.76. The predicted octanol–water partition coefficient (Wildman–Crippen LogP) is 3.72. The molecule has 0 radical (unpaired) electrons. The minimum Gasteiger partial charge on any atom is -0.166 e. The minimum atomic E-state index is -4.29. The highest BCUT2D eigenvalue weighted by molar-refractivity contribution is 6.29. The second-order valence-corrected chi connectivity index (χ2v) is 3.17. The molecular weight excluding hydrogens is 177 g/mol. The Bertz CT molecular complexity index is 163. The van der Waals surface area contributed by atoms with Crippen LogP contribution in [0.1, 0.15) is 20.8 Å². The Morgan fingerprint density at radius 1 is 1.27 bits per heavy atom. The molecule has 0 aliphatic rings. The van der Waals surface area contributed by atoms with E-state index in [1.807, 2.05) is 0 Å². The lowest BCUT2D eigenvalue weighted by molar-refractivity contribution is -0.0980. The van der Waals surface area contributed by atoms with Gasteiger partial charge in [-0.1, -0.05) is 25.4 Å². The maximum Gasteiger partial charge on any atom is 0.414 e. The summed E-state index contributed by atoms with van der Waals surface area (Å²) in [5, 5.41) is -0.174. The smallest absolute Gasteiger partial charge is 0.166 e. The second kappa shape index (κ2) is 3.48. The van der Waals surface area contributed by atoms with Crippen LogP contribution >= 0.6 is 11.6 Å². The van der Waals surface area contributed by atoms with E-state index < -0.39 is 17.7 Å². The van der Waals surface area contributed by atoms with E-state index in [2.05, 4.69) is 0 Å². The van der Waals surface area contributed by atoms with Gasteiger partial charge in [0.05, 0.1) is 0 Å². The maximum absolute atomic E-state index is 12.1. The van der Waals surface area contributed by atoms with Crippen molar-refractivity contribution >= 4 is 11.6 Å². The third kappa shape index (κ3) is 3.14. The van der Waals surface area contributed by atoms with Crippen LogP contribution in [-0.2, 0) is 0 Å². The van der Waals surface area contributed by atoms with E-state index in [0.29, 0.717) is 0 Å². The first-order valence-corrected chi connectivity index (χ1v) is 3.58. The molecule has 0 aromatic heterocycles. The molecule has 0 aliphatic heterocycles. The van der Waals surface area contributed by atoms with Crippen LogP contribution in [-0.4, -0.2) is 6.18 Å². The molecule has 0 aliphatic carbocycles. The quantitative estimate of drug-likeness (QED) is 0.586. The normalized spacial score (nSPS) is 15.3. The summed E-state index contributed by atoms with van der Waals surface area (Å²) in [6.07, 6.45) is -4.29. The average molecular weight is 187 g/mol. The summed E-state index contributed by atoms with van der Waals surface area (Å²) in [5.74, 6) is -0.576. The summed E-state index contributed by atoms with van der Waals surface area (Å²) in [6.45, 7) is 4.19. The van der Waals surface area contributed by atoms with Gasteiger partial charge in [-0.2, -0.15) is 13.2 Å². The lowest BCUT2D eigenvalue weighted by Crippen LogP contribution is -2.17. The van der Waals surface area contributed by atoms with Gasteiger partial charge in [-0.25, -0.2) is 0 Å². The highest BCUT2D eigenvalue weighted by Gasteiger charge is 2.36. The molecule has 0 saturated carbocycles. The summed E-state index contributed by atoms with van der Waals surface area (Å²) in [7, 11) is 0. The molecule has 11 heavy (non-hydrogen) atoms. The number of allylic oxidation sites excluding steroid dienone is 2. The van der Waals surface area contributed by atoms with Gasteiger partial charge < -0.3 is 0 Å². The van der Waals surface area contributed by atoms with E-state index in [4.69, 9.17) is 11.6 Å². The molecule has 0 saturated heterocycles. The third-order valence-corrected chi connectivity index (χ3v) is 1.46. The highest BCUT2D eigenvalue weighted by atomic mass is 35.5. The first-order valence-electron chi connectivity index (χ1n) is 3.20. The topological polar surface area (TPSA) is 0 Å². The first kappa shape index (κ1) is 10.8. The number of alkyl halides is 3. The van der Waals surface area contributed by atoms with E-state index in [1.54, 1.807) is 0 Å². The van der Waals surface area contributed by atoms with Crippen molar-refractivity contribution in [1.29, 1.82) is 0 Å². The van der Waals surface area contributed by atoms with E-state index >= 15 is 0 Å². The lowest BCUT2D eigenvalue weighted by Gasteiger charge is -2.15. The van der Waals surface area contributed by atoms with Gasteiger partial charge in [0.1, 0.15) is 0 Å². The van der Waals surface area contributed by atoms with Crippen molar-refractivity contribution in [2.24, 2.45) is 5.92 Å². The van der Waals surface area contributed by atoms with Crippen molar-refractivity contribution in [1.82, 2.24) is 0 Å². The number of hydrogen-bond donors (Lipinski definition) is 0. The van der Waals surface area contributed by atoms with Crippen LogP contribution in [0.3, 0.4) is 0 Å². The van der Waals surface area contributed by atoms with Gasteiger partial charge in [0.25, 0.3) is 0 Å². The molecule has 4 heteroatoms. The van der Waals surface area contributed by atoms with Crippen LogP contribution in [0.5, 0.6) is 0 Å². The maximum atomic E-state index is 12.1. The van der Waals surface area contributed by atoms with Crippen LogP contribution < -0.4 is 0 Å². The lowest BCUT2D eigenvalue weighted by atomic mass is 10.0. The van der Waals surface area contributed by atoms with Gasteiger partial charge in [-0.15, -0.1) is 0 Å². The third-order valence-electron chi connectivity index (χ3n) is 1.25. The molecule has 0 bridgehead atoms. The zero-order chi connectivity index (χ0) is 9.23. The summed E-state index contributed by atoms with van der Waals surface area (Å²) in [5.41, 5.74) is -0.640. The van der Waals surface area contributed by atoms with Gasteiger partial charge >= 0.3 is 6.18 Å². The van der Waals surface area contributed by atoms with Crippen LogP contribution in [0.15, 0.2) is 10.6 Å². The Balaban J connectivity index is 4.80. The summed E-state index contributed by atoms with van der Waals surface area (Å²) in [4.78, 5) is 0. The van der Waals surface area contributed by atoms with Crippen molar-refractivity contribution in [2.75, 3.05) is 0 Å². The summed E-state index contributed by atoms with van der Waals surface area (Å²) >= 11 is 5.28. The second-order valence-electron chi connectivity index (χ2n) is 2.60. The molecule has 0 amide bonds. The molecule has 66 valence electrons. The van der Waals surface area contributed by atoms with Gasteiger partial charge in [0.15, 0.2) is 0 Å². The Kier molecular flexibility index (Phi) is 3.42. The van der Waals surface area contributed by atoms with Gasteiger partial charge in [0.2, 0.25) is 0 Å². The monoisotopic (exact) mass is 186 g/mol. The number of rotatable bonds is 1. The molecule has 0 N–H and O–H groups in total. The minimum absolute atomic E-state index is 0.174. The molecule has 0 nitrogen and oxygen atoms in total. The van der Waals surface area contributed by atoms with E-state index in [9.17, 15) is 13.2 Å². The van der Waals surface area contributed by atoms with Crippen molar-refractivity contribution in [3.63, 3.8) is 0 Å².